The third-order valence-corrected chi connectivity index (χ3v) is 6.29. The Hall–Kier alpha value is -3.34. The van der Waals surface area contributed by atoms with Crippen LogP contribution in [0.25, 0.3) is 10.9 Å². The second kappa shape index (κ2) is 9.43. The van der Waals surface area contributed by atoms with Crippen LogP contribution >= 0.6 is 0 Å². The SMILES string of the molecule is CCn1nc(C)cc1C(=O)N(Cc1cc2ccccc2n1C)[C@H](C)CCc1ccccc1. The van der Waals surface area contributed by atoms with E-state index in [4.69, 9.17) is 0 Å². The van der Waals surface area contributed by atoms with Gasteiger partial charge >= 0.3 is 0 Å². The number of hydrogen-bond acceptors (Lipinski definition) is 2. The first-order chi connectivity index (χ1) is 15.5. The van der Waals surface area contributed by atoms with E-state index >= 15 is 0 Å². The Labute approximate surface area is 190 Å². The quantitative estimate of drug-likeness (QED) is 0.379. The van der Waals surface area contributed by atoms with Crippen molar-refractivity contribution in [3.63, 3.8) is 0 Å². The summed E-state index contributed by atoms with van der Waals surface area (Å²) in [5, 5.41) is 5.71. The van der Waals surface area contributed by atoms with Crippen LogP contribution in [0.1, 0.15) is 47.7 Å². The summed E-state index contributed by atoms with van der Waals surface area (Å²) in [6.45, 7) is 7.36. The van der Waals surface area contributed by atoms with Crippen LogP contribution in [0.3, 0.4) is 0 Å². The van der Waals surface area contributed by atoms with Gasteiger partial charge in [-0.05, 0) is 62.8 Å². The maximum Gasteiger partial charge on any atom is 0.272 e. The number of rotatable bonds is 8. The van der Waals surface area contributed by atoms with Gasteiger partial charge in [0.25, 0.3) is 5.91 Å². The average molecular weight is 429 g/mol. The molecule has 1 atom stereocenters. The summed E-state index contributed by atoms with van der Waals surface area (Å²) in [7, 11) is 2.08. The molecule has 0 aliphatic carbocycles. The zero-order chi connectivity index (χ0) is 22.7. The van der Waals surface area contributed by atoms with Gasteiger partial charge in [-0.2, -0.15) is 5.10 Å². The lowest BCUT2D eigenvalue weighted by atomic mass is 10.0. The van der Waals surface area contributed by atoms with E-state index in [1.54, 1.807) is 0 Å². The van der Waals surface area contributed by atoms with Crippen molar-refractivity contribution >= 4 is 16.8 Å². The largest absolute Gasteiger partial charge is 0.346 e. The molecule has 0 bridgehead atoms. The maximum absolute atomic E-state index is 13.8. The van der Waals surface area contributed by atoms with Gasteiger partial charge in [-0.3, -0.25) is 9.48 Å². The molecule has 32 heavy (non-hydrogen) atoms. The first-order valence-corrected chi connectivity index (χ1v) is 11.4. The maximum atomic E-state index is 13.8. The van der Waals surface area contributed by atoms with Gasteiger partial charge in [-0.1, -0.05) is 48.5 Å². The summed E-state index contributed by atoms with van der Waals surface area (Å²) in [5.74, 6) is 0.0401. The molecule has 0 spiro atoms. The van der Waals surface area contributed by atoms with E-state index in [-0.39, 0.29) is 11.9 Å². The lowest BCUT2D eigenvalue weighted by Crippen LogP contribution is -2.40. The topological polar surface area (TPSA) is 43.1 Å². The summed E-state index contributed by atoms with van der Waals surface area (Å²) < 4.78 is 4.01. The van der Waals surface area contributed by atoms with Crippen molar-refractivity contribution in [3.05, 3.63) is 89.4 Å². The summed E-state index contributed by atoms with van der Waals surface area (Å²) in [4.78, 5) is 15.8. The van der Waals surface area contributed by atoms with Gasteiger partial charge in [0.05, 0.1) is 12.2 Å². The molecule has 4 rings (SSSR count). The van der Waals surface area contributed by atoms with E-state index in [1.807, 2.05) is 35.6 Å². The molecule has 5 heteroatoms. The molecule has 0 radical (unpaired) electrons. The Balaban J connectivity index is 1.64. The van der Waals surface area contributed by atoms with Gasteiger partial charge in [-0.25, -0.2) is 0 Å². The standard InChI is InChI=1S/C27H32N4O/c1-5-31-26(17-20(2)28-31)27(32)30(21(3)15-16-22-11-7-6-8-12-22)19-24-18-23-13-9-10-14-25(23)29(24)4/h6-14,17-18,21H,5,15-16,19H2,1-4H3/t21-/m1/s1. The number of amides is 1. The second-order valence-electron chi connectivity index (χ2n) is 8.55. The minimum atomic E-state index is 0.0401. The predicted octanol–water partition coefficient (Wildman–Crippen LogP) is 5.37. The van der Waals surface area contributed by atoms with Crippen molar-refractivity contribution in [1.82, 2.24) is 19.2 Å². The van der Waals surface area contributed by atoms with Gasteiger partial charge in [-0.15, -0.1) is 0 Å². The number of aromatic nitrogens is 3. The van der Waals surface area contributed by atoms with Crippen molar-refractivity contribution in [3.8, 4) is 0 Å². The van der Waals surface area contributed by atoms with Crippen molar-refractivity contribution < 1.29 is 4.79 Å². The highest BCUT2D eigenvalue weighted by Gasteiger charge is 2.26. The number of hydrogen-bond donors (Lipinski definition) is 0. The molecule has 0 aliphatic heterocycles. The van der Waals surface area contributed by atoms with Crippen LogP contribution in [0.15, 0.2) is 66.7 Å². The number of aryl methyl sites for hydroxylation is 4. The Morgan fingerprint density at radius 1 is 1.06 bits per heavy atom. The third-order valence-electron chi connectivity index (χ3n) is 6.29. The van der Waals surface area contributed by atoms with Crippen molar-refractivity contribution in [2.75, 3.05) is 0 Å². The van der Waals surface area contributed by atoms with E-state index in [0.717, 1.165) is 24.2 Å². The highest BCUT2D eigenvalue weighted by Crippen LogP contribution is 2.23. The number of carbonyl (C=O) groups is 1. The van der Waals surface area contributed by atoms with Crippen LogP contribution < -0.4 is 0 Å². The number of fused-ring (bicyclic) bond motifs is 1. The Morgan fingerprint density at radius 3 is 2.50 bits per heavy atom. The van der Waals surface area contributed by atoms with Gasteiger partial charge in [0.15, 0.2) is 0 Å². The summed E-state index contributed by atoms with van der Waals surface area (Å²) >= 11 is 0. The molecule has 0 fully saturated rings. The fourth-order valence-corrected chi connectivity index (χ4v) is 4.38. The van der Waals surface area contributed by atoms with E-state index in [0.29, 0.717) is 18.8 Å². The van der Waals surface area contributed by atoms with E-state index in [9.17, 15) is 4.79 Å². The molecular formula is C27H32N4O. The molecule has 4 aromatic rings. The first-order valence-electron chi connectivity index (χ1n) is 11.4. The van der Waals surface area contributed by atoms with E-state index < -0.39 is 0 Å². The average Bonchev–Trinajstić information content (AvgIpc) is 3.35. The van der Waals surface area contributed by atoms with Crippen molar-refractivity contribution in [2.24, 2.45) is 7.05 Å². The normalized spacial score (nSPS) is 12.2. The van der Waals surface area contributed by atoms with Crippen LogP contribution in [0, 0.1) is 6.92 Å². The zero-order valence-corrected chi connectivity index (χ0v) is 19.5. The molecular weight excluding hydrogens is 396 g/mol. The van der Waals surface area contributed by atoms with Crippen molar-refractivity contribution in [2.45, 2.75) is 52.7 Å². The highest BCUT2D eigenvalue weighted by molar-refractivity contribution is 5.93. The highest BCUT2D eigenvalue weighted by atomic mass is 16.2. The van der Waals surface area contributed by atoms with Crippen LogP contribution in [0.2, 0.25) is 0 Å². The first kappa shape index (κ1) is 21.9. The molecule has 2 aromatic carbocycles. The second-order valence-corrected chi connectivity index (χ2v) is 8.55. The van der Waals surface area contributed by atoms with Gasteiger partial charge in [0.2, 0.25) is 0 Å². The van der Waals surface area contributed by atoms with Gasteiger partial charge in [0.1, 0.15) is 5.69 Å². The molecule has 0 unspecified atom stereocenters. The number of benzene rings is 2. The lowest BCUT2D eigenvalue weighted by Gasteiger charge is -2.30. The van der Waals surface area contributed by atoms with Crippen LogP contribution in [-0.2, 0) is 26.6 Å². The predicted molar refractivity (Wildman–Crippen MR) is 130 cm³/mol. The lowest BCUT2D eigenvalue weighted by molar-refractivity contribution is 0.0650. The molecule has 166 valence electrons. The Bertz CT molecular complexity index is 1210. The molecule has 0 N–H and O–H groups in total. The van der Waals surface area contributed by atoms with Crippen LogP contribution in [0.5, 0.6) is 0 Å². The van der Waals surface area contributed by atoms with Crippen LogP contribution in [0.4, 0.5) is 0 Å². The molecule has 2 heterocycles. The van der Waals surface area contributed by atoms with Gasteiger partial charge < -0.3 is 9.47 Å². The summed E-state index contributed by atoms with van der Waals surface area (Å²) in [5.41, 5.74) is 5.14. The minimum absolute atomic E-state index is 0.0401. The number of carbonyl (C=O) groups excluding carboxylic acids is 1. The molecule has 0 aliphatic rings. The zero-order valence-electron chi connectivity index (χ0n) is 19.5. The Kier molecular flexibility index (Phi) is 6.45. The molecule has 2 aromatic heterocycles. The fourth-order valence-electron chi connectivity index (χ4n) is 4.38. The van der Waals surface area contributed by atoms with E-state index in [1.165, 1.54) is 16.5 Å². The summed E-state index contributed by atoms with van der Waals surface area (Å²) in [6, 6.07) is 23.0. The molecule has 5 nitrogen and oxygen atoms in total. The molecule has 0 saturated heterocycles. The molecule has 1 amide bonds. The smallest absolute Gasteiger partial charge is 0.272 e. The summed E-state index contributed by atoms with van der Waals surface area (Å²) in [6.07, 6.45) is 1.84. The fraction of sp³-hybridized carbons (Fsp3) is 0.333. The minimum Gasteiger partial charge on any atom is -0.346 e. The molecule has 0 saturated carbocycles. The van der Waals surface area contributed by atoms with Crippen molar-refractivity contribution in [1.29, 1.82) is 0 Å². The Morgan fingerprint density at radius 2 is 1.78 bits per heavy atom. The number of nitrogens with zero attached hydrogens (tertiary/aromatic N) is 4. The monoisotopic (exact) mass is 428 g/mol. The van der Waals surface area contributed by atoms with E-state index in [2.05, 4.69) is 78.2 Å². The van der Waals surface area contributed by atoms with Gasteiger partial charge in [0, 0.05) is 30.8 Å². The number of para-hydroxylation sites is 1. The third kappa shape index (κ3) is 4.47. The van der Waals surface area contributed by atoms with Crippen LogP contribution in [-0.4, -0.2) is 31.2 Å².